The fraction of sp³-hybridized carbons (Fsp3) is 0.391. The molecule has 0 bridgehead atoms. The van der Waals surface area contributed by atoms with E-state index in [9.17, 15) is 4.79 Å². The molecule has 0 unspecified atom stereocenters. The van der Waals surface area contributed by atoms with Gasteiger partial charge in [0.15, 0.2) is 17.8 Å². The molecule has 1 aliphatic rings. The topological polar surface area (TPSA) is 58.4 Å². The van der Waals surface area contributed by atoms with Crippen LogP contribution in [0.4, 0.5) is 5.69 Å². The lowest BCUT2D eigenvalue weighted by atomic mass is 9.87. The zero-order valence-electron chi connectivity index (χ0n) is 17.1. The van der Waals surface area contributed by atoms with Gasteiger partial charge in [-0.05, 0) is 47.4 Å². The van der Waals surface area contributed by atoms with Gasteiger partial charge in [-0.15, -0.1) is 11.3 Å². The van der Waals surface area contributed by atoms with Crippen LogP contribution in [0.25, 0.3) is 10.6 Å². The molecule has 1 aliphatic heterocycles. The normalized spacial score (nSPS) is 15.5. The molecular weight excluding hydrogens is 382 g/mol. The van der Waals surface area contributed by atoms with Gasteiger partial charge in [0.1, 0.15) is 0 Å². The van der Waals surface area contributed by atoms with E-state index in [1.54, 1.807) is 0 Å². The zero-order valence-corrected chi connectivity index (χ0v) is 18.0. The van der Waals surface area contributed by atoms with Crippen LogP contribution in [0.1, 0.15) is 49.7 Å². The number of oxazole rings is 1. The number of aromatic nitrogens is 1. The van der Waals surface area contributed by atoms with Crippen LogP contribution in [0.3, 0.4) is 0 Å². The molecular formula is C23H27N3O2S. The maximum Gasteiger partial charge on any atom is 0.274 e. The average molecular weight is 410 g/mol. The van der Waals surface area contributed by atoms with Crippen LogP contribution in [0, 0.1) is 0 Å². The number of carbonyl (C=O) groups is 1. The highest BCUT2D eigenvalue weighted by molar-refractivity contribution is 7.13. The Morgan fingerprint density at radius 2 is 1.90 bits per heavy atom. The van der Waals surface area contributed by atoms with Crippen molar-refractivity contribution in [2.24, 2.45) is 0 Å². The van der Waals surface area contributed by atoms with E-state index in [1.807, 2.05) is 17.5 Å². The third kappa shape index (κ3) is 4.37. The molecule has 0 atom stereocenters. The van der Waals surface area contributed by atoms with E-state index in [-0.39, 0.29) is 17.4 Å². The van der Waals surface area contributed by atoms with Gasteiger partial charge in [0.05, 0.1) is 4.88 Å². The molecule has 1 amide bonds. The molecule has 3 aromatic rings. The molecule has 5 nitrogen and oxygen atoms in total. The van der Waals surface area contributed by atoms with Crippen molar-refractivity contribution < 1.29 is 9.21 Å². The Labute approximate surface area is 175 Å². The summed E-state index contributed by atoms with van der Waals surface area (Å²) in [6.07, 6.45) is 3.17. The highest BCUT2D eigenvalue weighted by Gasteiger charge is 2.25. The highest BCUT2D eigenvalue weighted by atomic mass is 32.1. The Morgan fingerprint density at radius 3 is 2.52 bits per heavy atom. The van der Waals surface area contributed by atoms with Gasteiger partial charge in [0, 0.05) is 24.8 Å². The number of nitrogens with one attached hydrogen (secondary N) is 1. The van der Waals surface area contributed by atoms with Crippen LogP contribution < -0.4 is 10.2 Å². The van der Waals surface area contributed by atoms with E-state index in [2.05, 4.69) is 60.2 Å². The fourth-order valence-corrected chi connectivity index (χ4v) is 4.41. The third-order valence-corrected chi connectivity index (χ3v) is 6.32. The molecule has 3 heterocycles. The Bertz CT molecular complexity index is 947. The molecule has 1 saturated heterocycles. The number of rotatable bonds is 4. The molecule has 29 heavy (non-hydrogen) atoms. The second-order valence-corrected chi connectivity index (χ2v) is 9.49. The summed E-state index contributed by atoms with van der Waals surface area (Å²) in [5.41, 5.74) is 3.13. The maximum absolute atomic E-state index is 12.7. The summed E-state index contributed by atoms with van der Waals surface area (Å²) in [5.74, 6) is 0.393. The molecule has 152 valence electrons. The Kier molecular flexibility index (Phi) is 5.46. The lowest BCUT2D eigenvalue weighted by Gasteiger charge is -2.34. The van der Waals surface area contributed by atoms with Crippen molar-refractivity contribution in [3.8, 4) is 10.6 Å². The number of nitrogens with zero attached hydrogens (tertiary/aromatic N) is 2. The van der Waals surface area contributed by atoms with E-state index in [1.165, 1.54) is 29.0 Å². The van der Waals surface area contributed by atoms with Crippen molar-refractivity contribution in [3.05, 3.63) is 59.4 Å². The minimum absolute atomic E-state index is 0.153. The summed E-state index contributed by atoms with van der Waals surface area (Å²) in [7, 11) is 0. The van der Waals surface area contributed by atoms with E-state index in [0.717, 1.165) is 30.8 Å². The lowest BCUT2D eigenvalue weighted by molar-refractivity contribution is 0.0927. The van der Waals surface area contributed by atoms with Gasteiger partial charge in [0.2, 0.25) is 0 Å². The molecule has 6 heteroatoms. The van der Waals surface area contributed by atoms with Crippen LogP contribution in [0.2, 0.25) is 0 Å². The van der Waals surface area contributed by atoms with E-state index < -0.39 is 0 Å². The maximum atomic E-state index is 12.7. The van der Waals surface area contributed by atoms with Gasteiger partial charge >= 0.3 is 0 Å². The number of carbonyl (C=O) groups excluding carboxylic acids is 1. The summed E-state index contributed by atoms with van der Waals surface area (Å²) in [5, 5.41) is 5.10. The van der Waals surface area contributed by atoms with E-state index >= 15 is 0 Å². The minimum Gasteiger partial charge on any atom is -0.442 e. The summed E-state index contributed by atoms with van der Waals surface area (Å²) < 4.78 is 5.46. The first-order valence-corrected chi connectivity index (χ1v) is 10.9. The number of hydrogen-bond donors (Lipinski definition) is 1. The number of amides is 1. The smallest absolute Gasteiger partial charge is 0.274 e. The molecule has 2 aromatic heterocycles. The molecule has 1 fully saturated rings. The fourth-order valence-electron chi connectivity index (χ4n) is 3.70. The van der Waals surface area contributed by atoms with Crippen molar-refractivity contribution in [3.63, 3.8) is 0 Å². The van der Waals surface area contributed by atoms with Crippen LogP contribution >= 0.6 is 11.3 Å². The number of benzene rings is 1. The predicted octanol–water partition coefficient (Wildman–Crippen LogP) is 5.10. The van der Waals surface area contributed by atoms with Crippen LogP contribution in [-0.2, 0) is 5.41 Å². The molecule has 1 aromatic carbocycles. The molecule has 4 rings (SSSR count). The molecule has 0 spiro atoms. The van der Waals surface area contributed by atoms with Gasteiger partial charge < -0.3 is 14.6 Å². The number of anilines is 1. The molecule has 0 aliphatic carbocycles. The van der Waals surface area contributed by atoms with Crippen LogP contribution in [-0.4, -0.2) is 30.0 Å². The Morgan fingerprint density at radius 1 is 1.17 bits per heavy atom. The Hall–Kier alpha value is -2.60. The van der Waals surface area contributed by atoms with Gasteiger partial charge in [-0.3, -0.25) is 4.79 Å². The standard InChI is InChI=1S/C23H27N3O2S/c1-23(2,3)16-6-8-18(9-7-16)26-12-10-17(11-13-26)25-22(27)20-21(28-15-24-20)19-5-4-14-29-19/h4-9,14-15,17H,10-13H2,1-3H3,(H,25,27). The largest absolute Gasteiger partial charge is 0.442 e. The average Bonchev–Trinajstić information content (AvgIpc) is 3.39. The third-order valence-electron chi connectivity index (χ3n) is 5.46. The highest BCUT2D eigenvalue weighted by Crippen LogP contribution is 2.29. The van der Waals surface area contributed by atoms with Crippen LogP contribution in [0.5, 0.6) is 0 Å². The number of hydrogen-bond acceptors (Lipinski definition) is 5. The van der Waals surface area contributed by atoms with E-state index in [0.29, 0.717) is 11.5 Å². The SMILES string of the molecule is CC(C)(C)c1ccc(N2CCC(NC(=O)c3ncoc3-c3cccs3)CC2)cc1. The van der Waals surface area contributed by atoms with Gasteiger partial charge in [-0.25, -0.2) is 4.98 Å². The second-order valence-electron chi connectivity index (χ2n) is 8.54. The monoisotopic (exact) mass is 409 g/mol. The van der Waals surface area contributed by atoms with Gasteiger partial charge in [0.25, 0.3) is 5.91 Å². The van der Waals surface area contributed by atoms with Crippen molar-refractivity contribution in [1.29, 1.82) is 0 Å². The Balaban J connectivity index is 1.35. The first-order valence-electron chi connectivity index (χ1n) is 10.1. The zero-order chi connectivity index (χ0) is 20.4. The first-order chi connectivity index (χ1) is 13.9. The van der Waals surface area contributed by atoms with Crippen molar-refractivity contribution in [2.45, 2.75) is 45.1 Å². The van der Waals surface area contributed by atoms with E-state index in [4.69, 9.17) is 4.42 Å². The quantitative estimate of drug-likeness (QED) is 0.651. The summed E-state index contributed by atoms with van der Waals surface area (Å²) in [6, 6.07) is 12.9. The van der Waals surface area contributed by atoms with Crippen molar-refractivity contribution in [2.75, 3.05) is 18.0 Å². The molecule has 0 radical (unpaired) electrons. The lowest BCUT2D eigenvalue weighted by Crippen LogP contribution is -2.44. The second kappa shape index (κ2) is 8.03. The van der Waals surface area contributed by atoms with Gasteiger partial charge in [-0.1, -0.05) is 39.0 Å². The minimum atomic E-state index is -0.157. The summed E-state index contributed by atoms with van der Waals surface area (Å²) in [6.45, 7) is 8.55. The predicted molar refractivity (Wildman–Crippen MR) is 118 cm³/mol. The first kappa shape index (κ1) is 19.7. The van der Waals surface area contributed by atoms with Gasteiger partial charge in [-0.2, -0.15) is 0 Å². The van der Waals surface area contributed by atoms with Crippen LogP contribution in [0.15, 0.2) is 52.6 Å². The van der Waals surface area contributed by atoms with Crippen molar-refractivity contribution in [1.82, 2.24) is 10.3 Å². The number of thiophene rings is 1. The summed E-state index contributed by atoms with van der Waals surface area (Å²) >= 11 is 1.54. The number of piperidine rings is 1. The molecule has 1 N–H and O–H groups in total. The molecule has 0 saturated carbocycles. The van der Waals surface area contributed by atoms with Crippen molar-refractivity contribution >= 4 is 22.9 Å². The summed E-state index contributed by atoms with van der Waals surface area (Å²) in [4.78, 5) is 20.2.